The van der Waals surface area contributed by atoms with Crippen molar-refractivity contribution in [3.05, 3.63) is 150 Å². The van der Waals surface area contributed by atoms with Gasteiger partial charge in [-0.25, -0.2) is 0 Å². The van der Waals surface area contributed by atoms with Gasteiger partial charge < -0.3 is 0 Å². The average Bonchev–Trinajstić information content (AvgIpc) is 3.12. The van der Waals surface area contributed by atoms with Crippen LogP contribution in [0.25, 0.3) is 66.8 Å². The number of aromatic nitrogens is 3. The number of rotatable bonds is 6. The molecule has 234 valence electrons. The molecule has 3 nitrogen and oxygen atoms in total. The van der Waals surface area contributed by atoms with Crippen molar-refractivity contribution in [1.29, 1.82) is 0 Å². The van der Waals surface area contributed by atoms with Gasteiger partial charge in [0.1, 0.15) is 0 Å². The van der Waals surface area contributed by atoms with Crippen LogP contribution in [0.3, 0.4) is 0 Å². The predicted octanol–water partition coefficient (Wildman–Crippen LogP) is 13.5. The fourth-order valence-corrected chi connectivity index (χ4v) is 8.71. The number of pyridine rings is 3. The Morgan fingerprint density at radius 3 is 0.833 bits per heavy atom. The van der Waals surface area contributed by atoms with Gasteiger partial charge in [0.25, 0.3) is 0 Å². The minimum Gasteiger partial charge on any atom is -0.263 e. The van der Waals surface area contributed by atoms with Gasteiger partial charge in [-0.15, -0.1) is 0 Å². The van der Waals surface area contributed by atoms with Crippen LogP contribution >= 0.6 is 136 Å². The lowest BCUT2D eigenvalue weighted by Gasteiger charge is -2.15. The Labute approximate surface area is 361 Å². The highest BCUT2D eigenvalue weighted by Gasteiger charge is 2.14. The molecule has 0 aliphatic carbocycles. The quantitative estimate of drug-likeness (QED) is 0.156. The minimum absolute atomic E-state index is 1.14. The van der Waals surface area contributed by atoms with E-state index in [1.54, 1.807) is 0 Å². The molecule has 3 aromatic heterocycles. The second kappa shape index (κ2) is 15.5. The molecule has 0 saturated heterocycles. The molecule has 0 bridgehead atoms. The predicted molar refractivity (Wildman–Crippen MR) is 249 cm³/mol. The van der Waals surface area contributed by atoms with Crippen molar-refractivity contribution >= 4 is 136 Å². The third-order valence-electron chi connectivity index (χ3n) is 7.97. The molecule has 0 radical (unpaired) electrons. The van der Waals surface area contributed by atoms with Gasteiger partial charge in [0.15, 0.2) is 0 Å². The van der Waals surface area contributed by atoms with E-state index >= 15 is 0 Å². The average molecular weight is 1290 g/mol. The van der Waals surface area contributed by atoms with E-state index in [1.165, 1.54) is 10.7 Å². The Kier molecular flexibility index (Phi) is 11.4. The van der Waals surface area contributed by atoms with Crippen molar-refractivity contribution in [3.8, 4) is 66.8 Å². The van der Waals surface area contributed by atoms with Gasteiger partial charge in [-0.2, -0.15) is 0 Å². The Morgan fingerprint density at radius 2 is 0.542 bits per heavy atom. The number of hydrogen-bond donors (Lipinski definition) is 0. The highest BCUT2D eigenvalue weighted by molar-refractivity contribution is 14.1. The lowest BCUT2D eigenvalue weighted by molar-refractivity contribution is 1.29. The fraction of sp³-hybridized carbons (Fsp3) is 0. The Bertz CT molecular complexity index is 2070. The Morgan fingerprint density at radius 1 is 0.292 bits per heavy atom. The molecule has 0 atom stereocenters. The summed E-state index contributed by atoms with van der Waals surface area (Å²) in [6, 6.07) is 33.3. The Balaban J connectivity index is 1.40. The molecule has 0 N–H and O–H groups in total. The van der Waals surface area contributed by atoms with Gasteiger partial charge >= 0.3 is 0 Å². The molecule has 0 unspecified atom stereocenters. The molecule has 48 heavy (non-hydrogen) atoms. The van der Waals surface area contributed by atoms with E-state index < -0.39 is 0 Å². The molecule has 7 aromatic rings. The summed E-state index contributed by atoms with van der Waals surface area (Å²) in [6.07, 6.45) is 11.6. The van der Waals surface area contributed by atoms with Crippen molar-refractivity contribution < 1.29 is 0 Å². The summed E-state index contributed by atoms with van der Waals surface area (Å²) in [5, 5.41) is 0. The second-order valence-corrected chi connectivity index (χ2v) is 17.7. The standard InChI is InChI=1S/C39H21I6N3/c40-34-19-46-16-31(37(34)43)25-7-1-4-22(10-25)28-13-29(23-5-2-8-26(11-23)32-17-47-20-35(41)38(32)44)15-30(14-28)24-6-3-9-27(12-24)33-18-48-21-36(42)39(33)45/h1-21H. The molecule has 0 fully saturated rings. The van der Waals surface area contributed by atoms with Crippen LogP contribution in [-0.2, 0) is 0 Å². The van der Waals surface area contributed by atoms with Crippen LogP contribution in [0, 0.1) is 21.4 Å². The van der Waals surface area contributed by atoms with Gasteiger partial charge in [-0.05, 0) is 222 Å². The topological polar surface area (TPSA) is 38.7 Å². The largest absolute Gasteiger partial charge is 0.263 e. The van der Waals surface area contributed by atoms with Crippen molar-refractivity contribution in [2.75, 3.05) is 0 Å². The third-order valence-corrected chi connectivity index (χ3v) is 17.0. The van der Waals surface area contributed by atoms with Crippen molar-refractivity contribution in [2.45, 2.75) is 0 Å². The molecule has 0 aliphatic heterocycles. The molecular formula is C39H21I6N3. The number of halogens is 6. The maximum Gasteiger partial charge on any atom is 0.0453 e. The first-order valence-electron chi connectivity index (χ1n) is 14.6. The molecule has 0 saturated carbocycles. The first-order valence-corrected chi connectivity index (χ1v) is 21.1. The van der Waals surface area contributed by atoms with Crippen LogP contribution in [0.2, 0.25) is 0 Å². The monoisotopic (exact) mass is 1290 g/mol. The number of hydrogen-bond acceptors (Lipinski definition) is 3. The summed E-state index contributed by atoms with van der Waals surface area (Å²) in [5.41, 5.74) is 13.8. The summed E-state index contributed by atoms with van der Waals surface area (Å²) in [4.78, 5) is 13.5. The molecule has 3 heterocycles. The van der Waals surface area contributed by atoms with Gasteiger partial charge in [0, 0.05) is 75.3 Å². The highest BCUT2D eigenvalue weighted by Crippen LogP contribution is 2.38. The van der Waals surface area contributed by atoms with Crippen molar-refractivity contribution in [1.82, 2.24) is 15.0 Å². The summed E-state index contributed by atoms with van der Waals surface area (Å²) in [5.74, 6) is 0. The molecule has 0 spiro atoms. The fourth-order valence-electron chi connectivity index (χ4n) is 5.59. The zero-order valence-electron chi connectivity index (χ0n) is 24.7. The van der Waals surface area contributed by atoms with Crippen LogP contribution in [0.5, 0.6) is 0 Å². The smallest absolute Gasteiger partial charge is 0.0453 e. The third kappa shape index (κ3) is 7.50. The second-order valence-electron chi connectivity index (χ2n) is 11.0. The summed E-state index contributed by atoms with van der Waals surface area (Å²) in [6.45, 7) is 0. The van der Waals surface area contributed by atoms with Gasteiger partial charge in [0.2, 0.25) is 0 Å². The molecule has 9 heteroatoms. The van der Waals surface area contributed by atoms with Gasteiger partial charge in [0.05, 0.1) is 0 Å². The van der Waals surface area contributed by atoms with E-state index in [-0.39, 0.29) is 0 Å². The zero-order valence-corrected chi connectivity index (χ0v) is 37.7. The molecule has 7 rings (SSSR count). The molecule has 0 amide bonds. The number of nitrogens with zero attached hydrogens (tertiary/aromatic N) is 3. The minimum atomic E-state index is 1.14. The van der Waals surface area contributed by atoms with Crippen molar-refractivity contribution in [2.24, 2.45) is 0 Å². The molecule has 0 aliphatic rings. The summed E-state index contributed by atoms with van der Waals surface area (Å²) < 4.78 is 7.08. The lowest BCUT2D eigenvalue weighted by atomic mass is 9.90. The van der Waals surface area contributed by atoms with E-state index in [4.69, 9.17) is 0 Å². The van der Waals surface area contributed by atoms with E-state index in [0.717, 1.165) is 77.5 Å². The highest BCUT2D eigenvalue weighted by atomic mass is 127. The summed E-state index contributed by atoms with van der Waals surface area (Å²) in [7, 11) is 0. The maximum absolute atomic E-state index is 4.50. The maximum atomic E-state index is 4.50. The van der Waals surface area contributed by atoms with E-state index in [2.05, 4.69) is 241 Å². The number of benzene rings is 4. The van der Waals surface area contributed by atoms with E-state index in [1.807, 2.05) is 37.2 Å². The SMILES string of the molecule is Ic1cncc(-c2cccc(-c3cc(-c4cccc(-c5cncc(I)c5I)c4)cc(-c4cccc(-c5cncc(I)c5I)c4)c3)c2)c1I. The normalized spacial score (nSPS) is 11.1. The zero-order chi connectivity index (χ0) is 33.4. The Hall–Kier alpha value is -1.29. The first kappa shape index (κ1) is 35.1. The van der Waals surface area contributed by atoms with Crippen LogP contribution < -0.4 is 0 Å². The van der Waals surface area contributed by atoms with E-state index in [0.29, 0.717) is 0 Å². The first-order chi connectivity index (χ1) is 23.3. The molecular weight excluding hydrogens is 1270 g/mol. The lowest BCUT2D eigenvalue weighted by Crippen LogP contribution is -1.92. The van der Waals surface area contributed by atoms with Crippen LogP contribution in [0.1, 0.15) is 0 Å². The van der Waals surface area contributed by atoms with Gasteiger partial charge in [-0.3, -0.25) is 15.0 Å². The van der Waals surface area contributed by atoms with Crippen LogP contribution in [0.15, 0.2) is 128 Å². The van der Waals surface area contributed by atoms with Crippen LogP contribution in [0.4, 0.5) is 0 Å². The van der Waals surface area contributed by atoms with Crippen molar-refractivity contribution in [3.63, 3.8) is 0 Å². The summed E-state index contributed by atoms with van der Waals surface area (Å²) >= 11 is 14.4. The van der Waals surface area contributed by atoms with Crippen LogP contribution in [-0.4, -0.2) is 15.0 Å². The van der Waals surface area contributed by atoms with Gasteiger partial charge in [-0.1, -0.05) is 54.6 Å². The molecule has 4 aromatic carbocycles. The van der Waals surface area contributed by atoms with E-state index in [9.17, 15) is 0 Å².